The van der Waals surface area contributed by atoms with Crippen LogP contribution in [0.1, 0.15) is 100 Å². The van der Waals surface area contributed by atoms with Gasteiger partial charge in [0.1, 0.15) is 0 Å². The number of allylic oxidation sites excluding steroid dienone is 3. The molecule has 0 saturated heterocycles. The van der Waals surface area contributed by atoms with E-state index in [0.29, 0.717) is 31.1 Å². The van der Waals surface area contributed by atoms with Crippen molar-refractivity contribution in [2.45, 2.75) is 112 Å². The Balaban J connectivity index is 1.75. The summed E-state index contributed by atoms with van der Waals surface area (Å²) in [5, 5.41) is 20.8. The molecule has 190 valence electrons. The molecule has 4 aliphatic rings. The molecule has 0 aromatic carbocycles. The molecule has 1 unspecified atom stereocenters. The Morgan fingerprint density at radius 1 is 1.03 bits per heavy atom. The van der Waals surface area contributed by atoms with Gasteiger partial charge in [0.25, 0.3) is 0 Å². The molecular weight excluding hydrogens is 424 g/mol. The number of fused-ring (bicyclic) bond motifs is 4. The summed E-state index contributed by atoms with van der Waals surface area (Å²) in [6.45, 7) is 16.7. The second kappa shape index (κ2) is 7.87. The van der Waals surface area contributed by atoms with Crippen LogP contribution in [0.5, 0.6) is 0 Å². The summed E-state index contributed by atoms with van der Waals surface area (Å²) >= 11 is 0. The predicted octanol–water partition coefficient (Wildman–Crippen LogP) is 5.81. The lowest BCUT2D eigenvalue weighted by Gasteiger charge is -2.60. The summed E-state index contributed by atoms with van der Waals surface area (Å²) in [6.07, 6.45) is 8.72. The highest BCUT2D eigenvalue weighted by Crippen LogP contribution is 2.71. The van der Waals surface area contributed by atoms with E-state index in [9.17, 15) is 19.8 Å². The third-order valence-electron chi connectivity index (χ3n) is 11.1. The molecular formula is C30H46O4. The maximum atomic E-state index is 14.0. The fourth-order valence-electron chi connectivity index (χ4n) is 8.84. The van der Waals surface area contributed by atoms with Gasteiger partial charge in [-0.3, -0.25) is 9.59 Å². The number of ketones is 2. The Labute approximate surface area is 206 Å². The van der Waals surface area contributed by atoms with E-state index >= 15 is 0 Å². The smallest absolute Gasteiger partial charge is 0.160 e. The third-order valence-corrected chi connectivity index (χ3v) is 11.1. The topological polar surface area (TPSA) is 74.6 Å². The van der Waals surface area contributed by atoms with Crippen molar-refractivity contribution in [2.24, 2.45) is 39.4 Å². The lowest BCUT2D eigenvalue weighted by molar-refractivity contribution is -0.141. The summed E-state index contributed by atoms with van der Waals surface area (Å²) in [5.74, 6) is 1.04. The van der Waals surface area contributed by atoms with Crippen molar-refractivity contribution in [1.82, 2.24) is 0 Å². The maximum Gasteiger partial charge on any atom is 0.160 e. The normalized spacial score (nSPS) is 43.1. The van der Waals surface area contributed by atoms with Crippen molar-refractivity contribution in [2.75, 3.05) is 0 Å². The average Bonchev–Trinajstić information content (AvgIpc) is 2.97. The largest absolute Gasteiger partial charge is 0.393 e. The summed E-state index contributed by atoms with van der Waals surface area (Å²) in [7, 11) is 0. The van der Waals surface area contributed by atoms with Gasteiger partial charge in [0.15, 0.2) is 11.6 Å². The van der Waals surface area contributed by atoms with Gasteiger partial charge in [-0.1, -0.05) is 53.7 Å². The Bertz CT molecular complexity index is 949. The van der Waals surface area contributed by atoms with Gasteiger partial charge >= 0.3 is 0 Å². The number of rotatable bonds is 4. The lowest BCUT2D eigenvalue weighted by atomic mass is 9.43. The summed E-state index contributed by atoms with van der Waals surface area (Å²) < 4.78 is 0. The Morgan fingerprint density at radius 3 is 2.29 bits per heavy atom. The number of aliphatic hydroxyl groups is 2. The van der Waals surface area contributed by atoms with E-state index in [-0.39, 0.29) is 39.1 Å². The van der Waals surface area contributed by atoms with E-state index in [2.05, 4.69) is 47.6 Å². The number of aliphatic hydroxyl groups excluding tert-OH is 1. The number of hydrogen-bond donors (Lipinski definition) is 2. The van der Waals surface area contributed by atoms with Gasteiger partial charge in [0, 0.05) is 34.8 Å². The fraction of sp³-hybridized carbons (Fsp3) is 0.800. The minimum absolute atomic E-state index is 0.00463. The van der Waals surface area contributed by atoms with Crippen LogP contribution in [0.25, 0.3) is 0 Å². The van der Waals surface area contributed by atoms with Crippen LogP contribution in [0, 0.1) is 39.4 Å². The maximum absolute atomic E-state index is 14.0. The van der Waals surface area contributed by atoms with E-state index in [1.807, 2.05) is 6.08 Å². The molecule has 0 radical (unpaired) electrons. The van der Waals surface area contributed by atoms with Gasteiger partial charge in [-0.05, 0) is 74.5 Å². The zero-order valence-electron chi connectivity index (χ0n) is 22.6. The minimum atomic E-state index is -0.823. The number of carbonyl (C=O) groups is 2. The second-order valence-corrected chi connectivity index (χ2v) is 14.0. The Morgan fingerprint density at radius 2 is 1.68 bits per heavy atom. The van der Waals surface area contributed by atoms with Crippen LogP contribution in [0.4, 0.5) is 0 Å². The van der Waals surface area contributed by atoms with Gasteiger partial charge in [0.05, 0.1) is 11.7 Å². The molecule has 2 N–H and O–H groups in total. The standard InChI is InChI=1S/C30H46O4/c1-18(10-9-13-26(2,3)34)19-11-15-29(7)25-20(31)16-22-27(4,5)23(33)12-14-28(22,6)24(25)21(32)17-30(19,29)8/h9,13,18-19,22-23,33-34H,10-12,14-17H2,1-8H3/b13-9+/t18-,19+,22?,23+,28+,29-,30+/m1/s1. The van der Waals surface area contributed by atoms with E-state index < -0.39 is 11.7 Å². The zero-order valence-corrected chi connectivity index (χ0v) is 22.6. The van der Waals surface area contributed by atoms with E-state index in [1.165, 1.54) is 0 Å². The molecule has 2 saturated carbocycles. The third kappa shape index (κ3) is 3.53. The molecule has 0 amide bonds. The highest BCUT2D eigenvalue weighted by Gasteiger charge is 2.67. The molecule has 0 spiro atoms. The summed E-state index contributed by atoms with van der Waals surface area (Å²) in [6, 6.07) is 0. The van der Waals surface area contributed by atoms with Gasteiger partial charge < -0.3 is 10.2 Å². The fourth-order valence-corrected chi connectivity index (χ4v) is 8.84. The molecule has 34 heavy (non-hydrogen) atoms. The zero-order chi connectivity index (χ0) is 25.5. The molecule has 2 fully saturated rings. The SMILES string of the molecule is C[C@H](C/C=C/C(C)(C)O)[C@@H]1CC[C@]2(C)C3=C(C(=O)C[C@@]12C)[C@@]1(C)CC[C@H](O)C(C)(C)C1CC3=O. The quantitative estimate of drug-likeness (QED) is 0.509. The summed E-state index contributed by atoms with van der Waals surface area (Å²) in [4.78, 5) is 27.9. The van der Waals surface area contributed by atoms with Crippen LogP contribution < -0.4 is 0 Å². The second-order valence-electron chi connectivity index (χ2n) is 14.0. The van der Waals surface area contributed by atoms with Crippen molar-refractivity contribution >= 4 is 11.6 Å². The Hall–Kier alpha value is -1.26. The van der Waals surface area contributed by atoms with E-state index in [0.717, 1.165) is 36.8 Å². The first-order chi connectivity index (χ1) is 15.5. The van der Waals surface area contributed by atoms with Crippen LogP contribution in [0.3, 0.4) is 0 Å². The Kier molecular flexibility index (Phi) is 5.98. The molecule has 7 atom stereocenters. The predicted molar refractivity (Wildman–Crippen MR) is 135 cm³/mol. The molecule has 4 nitrogen and oxygen atoms in total. The monoisotopic (exact) mass is 470 g/mol. The molecule has 0 aromatic heterocycles. The van der Waals surface area contributed by atoms with Crippen LogP contribution in [0.2, 0.25) is 0 Å². The highest BCUT2D eigenvalue weighted by atomic mass is 16.3. The summed E-state index contributed by atoms with van der Waals surface area (Å²) in [5.41, 5.74) is -0.415. The van der Waals surface area contributed by atoms with Crippen molar-refractivity contribution < 1.29 is 19.8 Å². The van der Waals surface area contributed by atoms with Gasteiger partial charge in [-0.15, -0.1) is 0 Å². The molecule has 0 heterocycles. The number of carbonyl (C=O) groups excluding carboxylic acids is 2. The van der Waals surface area contributed by atoms with Crippen LogP contribution in [-0.4, -0.2) is 33.5 Å². The van der Waals surface area contributed by atoms with Gasteiger partial charge in [-0.25, -0.2) is 0 Å². The van der Waals surface area contributed by atoms with E-state index in [1.54, 1.807) is 13.8 Å². The molecule has 4 aliphatic carbocycles. The van der Waals surface area contributed by atoms with Crippen LogP contribution >= 0.6 is 0 Å². The first-order valence-electron chi connectivity index (χ1n) is 13.4. The first-order valence-corrected chi connectivity index (χ1v) is 13.4. The first kappa shape index (κ1) is 25.8. The van der Waals surface area contributed by atoms with Crippen molar-refractivity contribution in [3.05, 3.63) is 23.3 Å². The number of hydrogen-bond acceptors (Lipinski definition) is 4. The molecule has 0 aliphatic heterocycles. The average molecular weight is 471 g/mol. The lowest BCUT2D eigenvalue weighted by Crippen LogP contribution is -2.59. The van der Waals surface area contributed by atoms with Gasteiger partial charge in [0.2, 0.25) is 0 Å². The number of Topliss-reactive ketones (excluding diaryl/α,β-unsaturated/α-hetero) is 2. The molecule has 0 aromatic rings. The van der Waals surface area contributed by atoms with Crippen molar-refractivity contribution in [3.8, 4) is 0 Å². The molecule has 4 rings (SSSR count). The molecule has 0 bridgehead atoms. The van der Waals surface area contributed by atoms with Gasteiger partial charge in [-0.2, -0.15) is 0 Å². The van der Waals surface area contributed by atoms with Crippen molar-refractivity contribution in [1.29, 1.82) is 0 Å². The highest BCUT2D eigenvalue weighted by molar-refractivity contribution is 6.11. The van der Waals surface area contributed by atoms with Crippen LogP contribution in [-0.2, 0) is 9.59 Å². The van der Waals surface area contributed by atoms with Crippen molar-refractivity contribution in [3.63, 3.8) is 0 Å². The molecule has 4 heteroatoms. The minimum Gasteiger partial charge on any atom is -0.393 e. The van der Waals surface area contributed by atoms with E-state index in [4.69, 9.17) is 0 Å². The van der Waals surface area contributed by atoms with Crippen LogP contribution in [0.15, 0.2) is 23.3 Å².